The summed E-state index contributed by atoms with van der Waals surface area (Å²) in [6, 6.07) is 51.3. The third-order valence-corrected chi connectivity index (χ3v) is 12.8. The summed E-state index contributed by atoms with van der Waals surface area (Å²) in [6.07, 6.45) is 25.8. The maximum absolute atomic E-state index is 12.9. The van der Waals surface area contributed by atoms with Crippen molar-refractivity contribution in [2.45, 2.75) is 13.8 Å². The minimum absolute atomic E-state index is 0.00333. The topological polar surface area (TPSA) is 185 Å². The summed E-state index contributed by atoms with van der Waals surface area (Å²) in [5.74, 6) is 0.636. The largest absolute Gasteiger partial charge is 0.497 e. The molecule has 14 heteroatoms. The Morgan fingerprint density at radius 3 is 1.24 bits per heavy atom. The fourth-order valence-corrected chi connectivity index (χ4v) is 8.20. The van der Waals surface area contributed by atoms with Crippen LogP contribution >= 0.6 is 0 Å². The van der Waals surface area contributed by atoms with Gasteiger partial charge in [-0.05, 0) is 155 Å². The normalized spacial score (nSPS) is 10.8. The summed E-state index contributed by atoms with van der Waals surface area (Å²) in [5.41, 5.74) is 18.0. The molecule has 10 rings (SSSR count). The molecular formula is C68H61N7O7. The van der Waals surface area contributed by atoms with Gasteiger partial charge in [0.25, 0.3) is 11.8 Å². The van der Waals surface area contributed by atoms with Gasteiger partial charge in [0.15, 0.2) is 0 Å². The van der Waals surface area contributed by atoms with Gasteiger partial charge in [-0.25, -0.2) is 4.79 Å². The van der Waals surface area contributed by atoms with Crippen LogP contribution in [0.15, 0.2) is 213 Å². The van der Waals surface area contributed by atoms with E-state index in [-0.39, 0.29) is 17.2 Å². The molecule has 0 radical (unpaired) electrons. The number of carboxylic acid groups (broad SMARTS) is 1. The van der Waals surface area contributed by atoms with Gasteiger partial charge < -0.3 is 44.8 Å². The number of benzene rings is 6. The maximum Gasteiger partial charge on any atom is 0.337 e. The number of carbonyl (C=O) groups is 3. The number of hydrogen-bond acceptors (Lipinski definition) is 9. The highest BCUT2D eigenvalue weighted by Gasteiger charge is 2.16. The predicted molar refractivity (Wildman–Crippen MR) is 329 cm³/mol. The van der Waals surface area contributed by atoms with Crippen LogP contribution < -0.4 is 30.6 Å². The van der Waals surface area contributed by atoms with Crippen LogP contribution in [-0.4, -0.2) is 63.3 Å². The fourth-order valence-electron chi connectivity index (χ4n) is 8.20. The molecule has 0 aliphatic carbocycles. The molecule has 0 unspecified atom stereocenters. The Labute approximate surface area is 476 Å². The van der Waals surface area contributed by atoms with Gasteiger partial charge in [0.05, 0.1) is 67.5 Å². The monoisotopic (exact) mass is 1090 g/mol. The number of carbonyl (C=O) groups excluding carboxylic acids is 2. The lowest BCUT2D eigenvalue weighted by Gasteiger charge is -2.11. The molecule has 410 valence electrons. The number of amides is 2. The van der Waals surface area contributed by atoms with Crippen molar-refractivity contribution in [2.75, 3.05) is 37.7 Å². The van der Waals surface area contributed by atoms with Crippen molar-refractivity contribution in [1.29, 1.82) is 0 Å². The van der Waals surface area contributed by atoms with Gasteiger partial charge in [0.1, 0.15) is 17.2 Å². The van der Waals surface area contributed by atoms with Crippen LogP contribution in [0.5, 0.6) is 17.2 Å². The highest BCUT2D eigenvalue weighted by molar-refractivity contribution is 6.08. The molecule has 0 saturated carbocycles. The molecule has 0 bridgehead atoms. The van der Waals surface area contributed by atoms with E-state index in [1.165, 1.54) is 12.3 Å². The van der Waals surface area contributed by atoms with Gasteiger partial charge in [0.2, 0.25) is 0 Å². The highest BCUT2D eigenvalue weighted by Crippen LogP contribution is 2.25. The van der Waals surface area contributed by atoms with Gasteiger partial charge in [-0.15, -0.1) is 0 Å². The maximum atomic E-state index is 12.9. The van der Waals surface area contributed by atoms with Gasteiger partial charge >= 0.3 is 5.97 Å². The molecule has 82 heavy (non-hydrogen) atoms. The second-order valence-electron chi connectivity index (χ2n) is 18.6. The average Bonchev–Trinajstić information content (AvgIpc) is 4.37. The second kappa shape index (κ2) is 28.1. The Hall–Kier alpha value is -11.0. The molecule has 6 aromatic carbocycles. The third kappa shape index (κ3) is 16.1. The van der Waals surface area contributed by atoms with Crippen LogP contribution in [0.1, 0.15) is 75.6 Å². The number of ether oxygens (including phenoxy) is 3. The third-order valence-electron chi connectivity index (χ3n) is 12.8. The molecule has 0 saturated heterocycles. The summed E-state index contributed by atoms with van der Waals surface area (Å²) in [5, 5.41) is 15.3. The first-order valence-electron chi connectivity index (χ1n) is 25.9. The summed E-state index contributed by atoms with van der Waals surface area (Å²) in [4.78, 5) is 45.8. The van der Waals surface area contributed by atoms with Crippen LogP contribution in [0.2, 0.25) is 0 Å². The zero-order valence-electron chi connectivity index (χ0n) is 45.9. The molecule has 2 amide bonds. The van der Waals surface area contributed by atoms with E-state index in [0.717, 1.165) is 84.5 Å². The van der Waals surface area contributed by atoms with E-state index < -0.39 is 11.9 Å². The van der Waals surface area contributed by atoms with Crippen molar-refractivity contribution in [2.24, 2.45) is 0 Å². The Bertz CT molecular complexity index is 3900. The number of methoxy groups -OCH3 is 3. The van der Waals surface area contributed by atoms with Crippen molar-refractivity contribution >= 4 is 71.3 Å². The molecule has 4 heterocycles. The summed E-state index contributed by atoms with van der Waals surface area (Å²) < 4.78 is 19.4. The SMILES string of the molecule is COc1cccc(/C=C/c2ccc(C(=O)O)c(NC(=O)c3cncc(-n4cccc4)c3)c2)c1.COc1cccc(/C=C/c2ccc(C)c(N)c2)c1.COc1cccc(/C=C/c2ccc(C)c(NC(=O)c3cncc(-n4cccc4)c3)c2)c1. The number of aromatic nitrogens is 4. The van der Waals surface area contributed by atoms with E-state index in [2.05, 4.69) is 26.7 Å². The summed E-state index contributed by atoms with van der Waals surface area (Å²) in [7, 11) is 4.93. The number of nitrogen functional groups attached to an aromatic ring is 1. The van der Waals surface area contributed by atoms with E-state index in [0.29, 0.717) is 11.1 Å². The number of anilines is 3. The number of rotatable bonds is 16. The number of nitrogens with two attached hydrogens (primary N) is 1. The number of aryl methyl sites for hydroxylation is 2. The lowest BCUT2D eigenvalue weighted by atomic mass is 10.1. The zero-order valence-corrected chi connectivity index (χ0v) is 45.9. The van der Waals surface area contributed by atoms with E-state index in [9.17, 15) is 19.5 Å². The number of nitrogens with zero attached hydrogens (tertiary/aromatic N) is 4. The molecule has 4 aromatic heterocycles. The lowest BCUT2D eigenvalue weighted by Crippen LogP contribution is -2.15. The quantitative estimate of drug-likeness (QED) is 0.0536. The van der Waals surface area contributed by atoms with E-state index >= 15 is 0 Å². The van der Waals surface area contributed by atoms with Gasteiger partial charge in [0, 0.05) is 48.6 Å². The molecule has 10 aromatic rings. The van der Waals surface area contributed by atoms with Crippen molar-refractivity contribution < 1.29 is 33.7 Å². The van der Waals surface area contributed by atoms with E-state index in [4.69, 9.17) is 19.9 Å². The fraction of sp³-hybridized carbons (Fsp3) is 0.0735. The Morgan fingerprint density at radius 2 is 0.829 bits per heavy atom. The first kappa shape index (κ1) is 57.2. The molecule has 0 aliphatic heterocycles. The van der Waals surface area contributed by atoms with E-state index in [1.54, 1.807) is 58.1 Å². The van der Waals surface area contributed by atoms with Gasteiger partial charge in [-0.3, -0.25) is 19.6 Å². The van der Waals surface area contributed by atoms with Gasteiger partial charge in [-0.1, -0.05) is 103 Å². The average molecular weight is 1090 g/mol. The number of aromatic carboxylic acids is 1. The molecule has 0 spiro atoms. The van der Waals surface area contributed by atoms with Crippen LogP contribution in [0.4, 0.5) is 17.1 Å². The van der Waals surface area contributed by atoms with Crippen LogP contribution in [0, 0.1) is 13.8 Å². The molecule has 0 atom stereocenters. The number of carboxylic acids is 1. The highest BCUT2D eigenvalue weighted by atomic mass is 16.5. The summed E-state index contributed by atoms with van der Waals surface area (Å²) >= 11 is 0. The predicted octanol–water partition coefficient (Wildman–Crippen LogP) is 14.4. The second-order valence-corrected chi connectivity index (χ2v) is 18.6. The smallest absolute Gasteiger partial charge is 0.337 e. The molecule has 0 fully saturated rings. The zero-order chi connectivity index (χ0) is 57.8. The molecular weight excluding hydrogens is 1030 g/mol. The first-order valence-corrected chi connectivity index (χ1v) is 25.9. The van der Waals surface area contributed by atoms with Crippen molar-refractivity contribution in [3.8, 4) is 28.6 Å². The minimum atomic E-state index is -1.13. The van der Waals surface area contributed by atoms with Gasteiger partial charge in [-0.2, -0.15) is 0 Å². The number of pyridine rings is 2. The van der Waals surface area contributed by atoms with Crippen molar-refractivity contribution in [1.82, 2.24) is 19.1 Å². The number of nitrogens with one attached hydrogen (secondary N) is 2. The molecule has 5 N–H and O–H groups in total. The Balaban J connectivity index is 0.000000168. The van der Waals surface area contributed by atoms with Crippen molar-refractivity contribution in [3.63, 3.8) is 0 Å². The Kier molecular flexibility index (Phi) is 19.6. The van der Waals surface area contributed by atoms with Crippen LogP contribution in [-0.2, 0) is 0 Å². The lowest BCUT2D eigenvalue weighted by molar-refractivity contribution is 0.0697. The molecule has 14 nitrogen and oxygen atoms in total. The standard InChI is InChI=1S/C26H21N3O4.C26H23N3O2.C16H17NO/c1-33-22-6-4-5-18(13-22)7-8-19-9-10-23(26(31)32)24(14-19)28-25(30)20-15-21(17-27-16-20)29-11-2-3-12-29;1-19-8-9-21(11-10-20-6-5-7-24(14-20)31-2)15-25(19)28-26(30)22-16-23(18-27-17-22)29-12-3-4-13-29;1-12-6-7-14(11-16(12)17)9-8-13-4-3-5-15(10-13)18-2/h2-17H,1H3,(H,28,30)(H,31,32);3-18H,1-2H3,(H,28,30);3-11H,17H2,1-2H3/b8-7+;11-10+;9-8+. The number of hydrogen-bond donors (Lipinski definition) is 4. The molecule has 0 aliphatic rings. The van der Waals surface area contributed by atoms with Crippen LogP contribution in [0.3, 0.4) is 0 Å². The first-order chi connectivity index (χ1) is 39.8. The summed E-state index contributed by atoms with van der Waals surface area (Å²) in [6.45, 7) is 3.98. The van der Waals surface area contributed by atoms with Crippen LogP contribution in [0.25, 0.3) is 47.8 Å². The van der Waals surface area contributed by atoms with E-state index in [1.807, 2.05) is 218 Å². The van der Waals surface area contributed by atoms with Crippen molar-refractivity contribution in [3.05, 3.63) is 275 Å². The minimum Gasteiger partial charge on any atom is -0.497 e. The Morgan fingerprint density at radius 1 is 0.451 bits per heavy atom.